The highest BCUT2D eigenvalue weighted by atomic mass is 32.2. The van der Waals surface area contributed by atoms with Crippen LogP contribution < -0.4 is 10.5 Å². The van der Waals surface area contributed by atoms with Gasteiger partial charge in [0.2, 0.25) is 10.0 Å². The van der Waals surface area contributed by atoms with Gasteiger partial charge < -0.3 is 5.73 Å². The molecular weight excluding hydrogens is 188 g/mol. The molecule has 0 aromatic carbocycles. The molecule has 1 unspecified atom stereocenters. The third-order valence-electron chi connectivity index (χ3n) is 2.02. The molecule has 0 radical (unpaired) electrons. The van der Waals surface area contributed by atoms with Gasteiger partial charge in [0.1, 0.15) is 0 Å². The zero-order valence-electron chi connectivity index (χ0n) is 8.79. The molecule has 0 amide bonds. The third-order valence-corrected chi connectivity index (χ3v) is 3.38. The molecule has 0 aliphatic rings. The molecule has 4 nitrogen and oxygen atoms in total. The molecule has 0 rings (SSSR count). The summed E-state index contributed by atoms with van der Waals surface area (Å²) in [5.41, 5.74) is 5.71. The second-order valence-corrected chi connectivity index (χ2v) is 6.32. The number of hydrogen-bond acceptors (Lipinski definition) is 3. The lowest BCUT2D eigenvalue weighted by atomic mass is 9.88. The smallest absolute Gasteiger partial charge is 0.211 e. The van der Waals surface area contributed by atoms with E-state index in [4.69, 9.17) is 5.73 Å². The van der Waals surface area contributed by atoms with Crippen molar-refractivity contribution >= 4 is 10.0 Å². The Morgan fingerprint density at radius 3 is 2.15 bits per heavy atom. The van der Waals surface area contributed by atoms with Gasteiger partial charge in [0.15, 0.2) is 0 Å². The Labute approximate surface area is 80.9 Å². The summed E-state index contributed by atoms with van der Waals surface area (Å²) in [5.74, 6) is 0.101. The average Bonchev–Trinajstić information content (AvgIpc) is 1.98. The number of hydrogen-bond donors (Lipinski definition) is 2. The number of nitrogens with one attached hydrogen (secondary N) is 1. The minimum atomic E-state index is -3.10. The second-order valence-electron chi connectivity index (χ2n) is 4.22. The van der Waals surface area contributed by atoms with E-state index in [1.807, 2.05) is 20.8 Å². The summed E-state index contributed by atoms with van der Waals surface area (Å²) < 4.78 is 24.6. The Hall–Kier alpha value is -0.130. The van der Waals surface area contributed by atoms with Crippen LogP contribution in [0.4, 0.5) is 0 Å². The fraction of sp³-hybridized carbons (Fsp3) is 1.00. The highest BCUT2D eigenvalue weighted by Gasteiger charge is 2.21. The number of sulfonamides is 1. The van der Waals surface area contributed by atoms with Gasteiger partial charge in [-0.25, -0.2) is 13.1 Å². The highest BCUT2D eigenvalue weighted by molar-refractivity contribution is 7.89. The van der Waals surface area contributed by atoms with Crippen molar-refractivity contribution in [2.24, 2.45) is 11.1 Å². The van der Waals surface area contributed by atoms with Crippen LogP contribution in [-0.4, -0.2) is 26.8 Å². The van der Waals surface area contributed by atoms with Crippen molar-refractivity contribution < 1.29 is 8.42 Å². The molecule has 0 aromatic rings. The number of rotatable bonds is 4. The van der Waals surface area contributed by atoms with Crippen LogP contribution >= 0.6 is 0 Å². The maximum atomic E-state index is 11.1. The van der Waals surface area contributed by atoms with Crippen LogP contribution in [0.25, 0.3) is 0 Å². The van der Waals surface area contributed by atoms with Crippen molar-refractivity contribution in [1.82, 2.24) is 4.72 Å². The maximum absolute atomic E-state index is 11.1. The monoisotopic (exact) mass is 208 g/mol. The summed E-state index contributed by atoms with van der Waals surface area (Å²) in [4.78, 5) is 0. The van der Waals surface area contributed by atoms with Gasteiger partial charge in [-0.2, -0.15) is 0 Å². The van der Waals surface area contributed by atoms with Gasteiger partial charge in [0, 0.05) is 12.6 Å². The van der Waals surface area contributed by atoms with Crippen LogP contribution in [-0.2, 0) is 10.0 Å². The molecular formula is C8H20N2O2S. The van der Waals surface area contributed by atoms with E-state index in [2.05, 4.69) is 4.72 Å². The van der Waals surface area contributed by atoms with Crippen LogP contribution in [0.2, 0.25) is 0 Å². The Balaban J connectivity index is 4.05. The van der Waals surface area contributed by atoms with Gasteiger partial charge >= 0.3 is 0 Å². The van der Waals surface area contributed by atoms with Crippen LogP contribution in [0.1, 0.15) is 27.7 Å². The van der Waals surface area contributed by atoms with Crippen molar-refractivity contribution in [3.63, 3.8) is 0 Å². The average molecular weight is 208 g/mol. The van der Waals surface area contributed by atoms with Gasteiger partial charge in [0.25, 0.3) is 0 Å². The lowest BCUT2D eigenvalue weighted by molar-refractivity contribution is 0.320. The van der Waals surface area contributed by atoms with Crippen molar-refractivity contribution in [2.75, 3.05) is 12.3 Å². The predicted molar refractivity (Wildman–Crippen MR) is 54.9 cm³/mol. The van der Waals surface area contributed by atoms with Crippen LogP contribution in [0.5, 0.6) is 0 Å². The fourth-order valence-electron chi connectivity index (χ4n) is 0.625. The zero-order chi connectivity index (χ0) is 10.7. The maximum Gasteiger partial charge on any atom is 0.211 e. The van der Waals surface area contributed by atoms with E-state index < -0.39 is 10.0 Å². The van der Waals surface area contributed by atoms with E-state index in [9.17, 15) is 8.42 Å². The van der Waals surface area contributed by atoms with E-state index in [0.29, 0.717) is 6.54 Å². The Kier molecular flexibility index (Phi) is 4.35. The van der Waals surface area contributed by atoms with E-state index in [1.54, 1.807) is 6.92 Å². The van der Waals surface area contributed by atoms with Crippen molar-refractivity contribution in [3.05, 3.63) is 0 Å². The Morgan fingerprint density at radius 1 is 1.38 bits per heavy atom. The van der Waals surface area contributed by atoms with E-state index in [1.165, 1.54) is 0 Å². The lowest BCUT2D eigenvalue weighted by Gasteiger charge is -2.26. The summed E-state index contributed by atoms with van der Waals surface area (Å²) >= 11 is 0. The Bertz CT molecular complexity index is 241. The predicted octanol–water partition coefficient (Wildman–Crippen LogP) is 0.299. The molecule has 0 spiro atoms. The molecule has 0 aromatic heterocycles. The molecule has 0 aliphatic heterocycles. The quantitative estimate of drug-likeness (QED) is 0.698. The molecule has 3 N–H and O–H groups in total. The second kappa shape index (κ2) is 4.39. The molecule has 80 valence electrons. The van der Waals surface area contributed by atoms with E-state index in [0.717, 1.165) is 0 Å². The normalized spacial score (nSPS) is 15.8. The molecule has 0 saturated carbocycles. The largest absolute Gasteiger partial charge is 0.326 e. The fourth-order valence-corrected chi connectivity index (χ4v) is 1.26. The molecule has 5 heteroatoms. The topological polar surface area (TPSA) is 72.2 Å². The first-order chi connectivity index (χ1) is 5.69. The first kappa shape index (κ1) is 12.9. The summed E-state index contributed by atoms with van der Waals surface area (Å²) in [5, 5.41) is 0. The molecule has 0 saturated heterocycles. The molecule has 1 atom stereocenters. The van der Waals surface area contributed by atoms with Gasteiger partial charge in [0.05, 0.1) is 5.75 Å². The molecule has 13 heavy (non-hydrogen) atoms. The van der Waals surface area contributed by atoms with Crippen LogP contribution in [0.3, 0.4) is 0 Å². The SMILES string of the molecule is CCS(=O)(=O)NCC(N)C(C)(C)C. The summed E-state index contributed by atoms with van der Waals surface area (Å²) in [7, 11) is -3.10. The summed E-state index contributed by atoms with van der Waals surface area (Å²) in [6.07, 6.45) is 0. The summed E-state index contributed by atoms with van der Waals surface area (Å²) in [6.45, 7) is 7.86. The molecule has 0 fully saturated rings. The van der Waals surface area contributed by atoms with E-state index in [-0.39, 0.29) is 17.2 Å². The van der Waals surface area contributed by atoms with Crippen LogP contribution in [0.15, 0.2) is 0 Å². The highest BCUT2D eigenvalue weighted by Crippen LogP contribution is 2.16. The van der Waals surface area contributed by atoms with Crippen molar-refractivity contribution in [2.45, 2.75) is 33.7 Å². The minimum Gasteiger partial charge on any atom is -0.326 e. The molecule has 0 heterocycles. The first-order valence-corrected chi connectivity index (χ1v) is 6.07. The third kappa shape index (κ3) is 5.23. The molecule has 0 aliphatic carbocycles. The minimum absolute atomic E-state index is 0.0732. The van der Waals surface area contributed by atoms with Crippen molar-refractivity contribution in [3.8, 4) is 0 Å². The van der Waals surface area contributed by atoms with Gasteiger partial charge in [-0.15, -0.1) is 0 Å². The molecule has 0 bridgehead atoms. The lowest BCUT2D eigenvalue weighted by Crippen LogP contribution is -2.45. The standard InChI is InChI=1S/C8H20N2O2S/c1-5-13(11,12)10-6-7(9)8(2,3)4/h7,10H,5-6,9H2,1-4H3. The van der Waals surface area contributed by atoms with Gasteiger partial charge in [-0.3, -0.25) is 0 Å². The van der Waals surface area contributed by atoms with Gasteiger partial charge in [-0.05, 0) is 12.3 Å². The van der Waals surface area contributed by atoms with E-state index >= 15 is 0 Å². The van der Waals surface area contributed by atoms with Gasteiger partial charge in [-0.1, -0.05) is 20.8 Å². The first-order valence-electron chi connectivity index (χ1n) is 4.42. The zero-order valence-corrected chi connectivity index (χ0v) is 9.61. The van der Waals surface area contributed by atoms with Crippen molar-refractivity contribution in [1.29, 1.82) is 0 Å². The summed E-state index contributed by atoms with van der Waals surface area (Å²) in [6, 6.07) is -0.158. The van der Waals surface area contributed by atoms with Crippen LogP contribution in [0, 0.1) is 5.41 Å². The number of nitrogens with two attached hydrogens (primary N) is 1. The Morgan fingerprint density at radius 2 is 1.85 bits per heavy atom.